The number of hydrogen-bond donors (Lipinski definition) is 1. The SMILES string of the molecule is C=O.C=O.C=O.O=C(O)c1ccnc(-c2ccccn2)c1.[Cl][Re]. The Labute approximate surface area is 148 Å². The van der Waals surface area contributed by atoms with Gasteiger partial charge in [0.05, 0.1) is 17.0 Å². The predicted octanol–water partition coefficient (Wildman–Crippen LogP) is 1.97. The predicted molar refractivity (Wildman–Crippen MR) is 81.6 cm³/mol. The van der Waals surface area contributed by atoms with E-state index in [2.05, 4.69) is 9.97 Å². The number of hydrogen-bond acceptors (Lipinski definition) is 6. The Morgan fingerprint density at radius 2 is 1.43 bits per heavy atom. The Morgan fingerprint density at radius 1 is 0.913 bits per heavy atom. The van der Waals surface area contributed by atoms with Crippen molar-refractivity contribution >= 4 is 35.9 Å². The van der Waals surface area contributed by atoms with Crippen molar-refractivity contribution in [1.82, 2.24) is 9.97 Å². The van der Waals surface area contributed by atoms with Crippen LogP contribution < -0.4 is 0 Å². The molecule has 0 radical (unpaired) electrons. The van der Waals surface area contributed by atoms with Gasteiger partial charge in [-0.3, -0.25) is 9.97 Å². The zero-order valence-electron chi connectivity index (χ0n) is 11.9. The third-order valence-corrected chi connectivity index (χ3v) is 1.93. The van der Waals surface area contributed by atoms with E-state index in [1.54, 1.807) is 18.3 Å². The van der Waals surface area contributed by atoms with Gasteiger partial charge in [-0.2, -0.15) is 0 Å². The van der Waals surface area contributed by atoms with E-state index in [0.717, 1.165) is 0 Å². The Hall–Kier alpha value is -2.27. The quantitative estimate of drug-likeness (QED) is 0.655. The molecule has 0 unspecified atom stereocenters. The Morgan fingerprint density at radius 3 is 1.87 bits per heavy atom. The number of carbonyl (C=O) groups is 4. The van der Waals surface area contributed by atoms with E-state index in [1.807, 2.05) is 26.4 Å². The van der Waals surface area contributed by atoms with Gasteiger partial charge in [0, 0.05) is 12.4 Å². The van der Waals surface area contributed by atoms with Gasteiger partial charge in [0.25, 0.3) is 0 Å². The molecule has 0 fully saturated rings. The summed E-state index contributed by atoms with van der Waals surface area (Å²) in [6.45, 7) is 6.00. The monoisotopic (exact) mass is 512 g/mol. The molecule has 2 rings (SSSR count). The molecular weight excluding hydrogens is 498 g/mol. The molecule has 1 N–H and O–H groups in total. The van der Waals surface area contributed by atoms with Crippen LogP contribution in [0.5, 0.6) is 0 Å². The number of rotatable bonds is 2. The van der Waals surface area contributed by atoms with Gasteiger partial charge in [-0.05, 0) is 24.3 Å². The third kappa shape index (κ3) is 11.0. The summed E-state index contributed by atoms with van der Waals surface area (Å²) in [5.41, 5.74) is 1.45. The fraction of sp³-hybridized carbons (Fsp3) is 0. The molecule has 0 saturated heterocycles. The Bertz CT molecular complexity index is 541. The number of nitrogens with zero attached hydrogens (tertiary/aromatic N) is 2. The zero-order valence-corrected chi connectivity index (χ0v) is 15.4. The van der Waals surface area contributed by atoms with Crippen LogP contribution in [0.4, 0.5) is 0 Å². The molecule has 0 bridgehead atoms. The van der Waals surface area contributed by atoms with Gasteiger partial charge in [0.1, 0.15) is 20.4 Å². The number of carboxylic acids is 1. The standard InChI is InChI=1S/C11H8N2O2.3CH2O.ClH.Re/c14-11(15)8-4-6-13-10(7-8)9-3-1-2-5-12-9;3*1-2;;/h1-7H,(H,14,15);3*1H2;1H;/q;;;;;+1/p-1. The van der Waals surface area contributed by atoms with Crippen LogP contribution in [0.2, 0.25) is 0 Å². The van der Waals surface area contributed by atoms with Gasteiger partial charge in [-0.15, -0.1) is 0 Å². The molecule has 0 amide bonds. The van der Waals surface area contributed by atoms with Gasteiger partial charge in [-0.25, -0.2) is 4.79 Å². The first-order valence-electron chi connectivity index (χ1n) is 5.39. The zero-order chi connectivity index (χ0) is 18.7. The third-order valence-electron chi connectivity index (χ3n) is 1.93. The molecule has 7 nitrogen and oxygen atoms in total. The van der Waals surface area contributed by atoms with Gasteiger partial charge < -0.3 is 19.5 Å². The maximum absolute atomic E-state index is 10.7. The van der Waals surface area contributed by atoms with Gasteiger partial charge in [0.2, 0.25) is 0 Å². The van der Waals surface area contributed by atoms with Crippen LogP contribution in [-0.2, 0) is 32.6 Å². The number of aromatic nitrogens is 2. The van der Waals surface area contributed by atoms with E-state index in [0.29, 0.717) is 11.4 Å². The molecule has 0 spiro atoms. The van der Waals surface area contributed by atoms with Crippen LogP contribution >= 0.6 is 9.53 Å². The molecule has 23 heavy (non-hydrogen) atoms. The molecule has 0 atom stereocenters. The molecule has 0 aliphatic heterocycles. The van der Waals surface area contributed by atoms with E-state index < -0.39 is 5.97 Å². The van der Waals surface area contributed by atoms with Crippen LogP contribution in [0.25, 0.3) is 11.4 Å². The number of carboxylic acid groups (broad SMARTS) is 1. The summed E-state index contributed by atoms with van der Waals surface area (Å²) < 4.78 is 0. The van der Waals surface area contributed by atoms with Crippen molar-refractivity contribution in [2.75, 3.05) is 0 Å². The van der Waals surface area contributed by atoms with E-state index in [4.69, 9.17) is 29.0 Å². The molecular formula is C14H14ClN2O5Re. The normalized spacial score (nSPS) is 7.22. The Kier molecular flexibility index (Phi) is 22.0. The van der Waals surface area contributed by atoms with Crippen molar-refractivity contribution in [3.63, 3.8) is 0 Å². The Balaban J connectivity index is -0.000000438. The van der Waals surface area contributed by atoms with Crippen molar-refractivity contribution in [3.8, 4) is 11.4 Å². The average molecular weight is 512 g/mol. The summed E-state index contributed by atoms with van der Waals surface area (Å²) in [7, 11) is 4.69. The minimum absolute atomic E-state index is 0.214. The molecule has 0 aliphatic rings. The summed E-state index contributed by atoms with van der Waals surface area (Å²) in [4.78, 5) is 42.9. The molecule has 124 valence electrons. The fourth-order valence-electron chi connectivity index (χ4n) is 1.22. The van der Waals surface area contributed by atoms with Crippen molar-refractivity contribution < 1.29 is 42.5 Å². The second-order valence-electron chi connectivity index (χ2n) is 2.95. The van der Waals surface area contributed by atoms with E-state index in [1.165, 1.54) is 36.5 Å². The van der Waals surface area contributed by atoms with Crippen molar-refractivity contribution in [2.45, 2.75) is 0 Å². The first-order chi connectivity index (χ1) is 11.3. The maximum atomic E-state index is 10.7. The summed E-state index contributed by atoms with van der Waals surface area (Å²) in [6.07, 6.45) is 3.11. The van der Waals surface area contributed by atoms with Gasteiger partial charge in [-0.1, -0.05) is 6.07 Å². The van der Waals surface area contributed by atoms with Crippen LogP contribution in [0, 0.1) is 0 Å². The van der Waals surface area contributed by atoms with Crippen molar-refractivity contribution in [2.24, 2.45) is 0 Å². The van der Waals surface area contributed by atoms with Gasteiger partial charge >= 0.3 is 33.7 Å². The summed E-state index contributed by atoms with van der Waals surface area (Å²) in [5.74, 6) is -0.963. The molecule has 0 aromatic carbocycles. The van der Waals surface area contributed by atoms with Crippen LogP contribution in [0.3, 0.4) is 0 Å². The van der Waals surface area contributed by atoms with E-state index >= 15 is 0 Å². The number of carbonyl (C=O) groups excluding carboxylic acids is 3. The first kappa shape index (κ1) is 25.7. The number of halogens is 1. The van der Waals surface area contributed by atoms with Crippen molar-refractivity contribution in [3.05, 3.63) is 48.3 Å². The van der Waals surface area contributed by atoms with E-state index in [9.17, 15) is 4.79 Å². The second-order valence-corrected chi connectivity index (χ2v) is 2.95. The van der Waals surface area contributed by atoms with Gasteiger partial charge in [0.15, 0.2) is 0 Å². The molecule has 2 aromatic heterocycles. The topological polar surface area (TPSA) is 114 Å². The number of aromatic carboxylic acids is 1. The molecule has 2 heterocycles. The summed E-state index contributed by atoms with van der Waals surface area (Å²) in [5, 5.41) is 8.81. The summed E-state index contributed by atoms with van der Waals surface area (Å²) in [6, 6.07) is 8.37. The molecule has 0 saturated carbocycles. The van der Waals surface area contributed by atoms with Crippen LogP contribution in [0.1, 0.15) is 10.4 Å². The first-order valence-corrected chi connectivity index (χ1v) is 8.75. The average Bonchev–Trinajstić information content (AvgIpc) is 2.69. The van der Waals surface area contributed by atoms with Crippen LogP contribution in [-0.4, -0.2) is 41.4 Å². The fourth-order valence-corrected chi connectivity index (χ4v) is 1.22. The molecule has 0 aliphatic carbocycles. The second kappa shape index (κ2) is 19.7. The van der Waals surface area contributed by atoms with E-state index in [-0.39, 0.29) is 5.56 Å². The number of pyridine rings is 2. The summed E-state index contributed by atoms with van der Waals surface area (Å²) >= 11 is 1.19. The minimum atomic E-state index is -0.963. The van der Waals surface area contributed by atoms with Crippen LogP contribution in [0.15, 0.2) is 42.7 Å². The molecule has 9 heteroatoms. The molecule has 2 aromatic rings. The van der Waals surface area contributed by atoms with Crippen molar-refractivity contribution in [1.29, 1.82) is 0 Å².